The fourth-order valence-electron chi connectivity index (χ4n) is 3.46. The van der Waals surface area contributed by atoms with Gasteiger partial charge in [-0.1, -0.05) is 35.0 Å². The molecule has 4 rings (SSSR count). The summed E-state index contributed by atoms with van der Waals surface area (Å²) in [6, 6.07) is 11.4. The van der Waals surface area contributed by atoms with Gasteiger partial charge in [0.15, 0.2) is 0 Å². The lowest BCUT2D eigenvalue weighted by Crippen LogP contribution is -2.28. The van der Waals surface area contributed by atoms with E-state index in [0.29, 0.717) is 42.5 Å². The summed E-state index contributed by atoms with van der Waals surface area (Å²) < 4.78 is 25.3. The number of carbonyl (C=O) groups excluding carboxylic acids is 1. The number of carbonyl (C=O) groups is 1. The predicted molar refractivity (Wildman–Crippen MR) is 105 cm³/mol. The number of halogens is 2. The summed E-state index contributed by atoms with van der Waals surface area (Å²) in [5.74, 6) is 0.785. The van der Waals surface area contributed by atoms with Gasteiger partial charge in [-0.25, -0.2) is 4.39 Å². The largest absolute Gasteiger partial charge is 0.493 e. The fraction of sp³-hybridized carbons (Fsp3) is 0.286. The molecule has 0 saturated carbocycles. The lowest BCUT2D eigenvalue weighted by molar-refractivity contribution is -0.130. The molecule has 0 bridgehead atoms. The second-order valence-corrected chi connectivity index (χ2v) is 7.07. The van der Waals surface area contributed by atoms with Gasteiger partial charge < -0.3 is 14.2 Å². The van der Waals surface area contributed by atoms with Crippen LogP contribution >= 0.6 is 11.6 Å². The average molecular weight is 416 g/mol. The van der Waals surface area contributed by atoms with Crippen LogP contribution in [0.2, 0.25) is 5.02 Å². The van der Waals surface area contributed by atoms with Crippen molar-refractivity contribution in [1.82, 2.24) is 15.0 Å². The molecule has 1 fully saturated rings. The van der Waals surface area contributed by atoms with Crippen molar-refractivity contribution in [1.29, 1.82) is 0 Å². The number of hydrogen-bond acceptors (Lipinski definition) is 5. The average Bonchev–Trinajstić information content (AvgIpc) is 3.33. The van der Waals surface area contributed by atoms with Crippen molar-refractivity contribution < 1.29 is 18.4 Å². The van der Waals surface area contributed by atoms with E-state index >= 15 is 0 Å². The molecule has 0 radical (unpaired) electrons. The molecule has 150 valence electrons. The smallest absolute Gasteiger partial charge is 0.249 e. The molecule has 3 aromatic rings. The van der Waals surface area contributed by atoms with Crippen LogP contribution < -0.4 is 4.74 Å². The van der Waals surface area contributed by atoms with Crippen molar-refractivity contribution in [2.75, 3.05) is 6.61 Å². The molecule has 2 aromatic carbocycles. The number of ether oxygens (including phenoxy) is 1. The van der Waals surface area contributed by atoms with Crippen LogP contribution in [-0.2, 0) is 11.3 Å². The Balaban J connectivity index is 1.62. The highest BCUT2D eigenvalue weighted by molar-refractivity contribution is 6.31. The molecule has 1 amide bonds. The SMILES string of the molecule is CCOc1ccccc1-c1noc(C2CCC(=O)N2Cc2c(F)cccc2Cl)n1. The lowest BCUT2D eigenvalue weighted by Gasteiger charge is -2.22. The topological polar surface area (TPSA) is 68.5 Å². The van der Waals surface area contributed by atoms with E-state index in [0.717, 1.165) is 0 Å². The van der Waals surface area contributed by atoms with Gasteiger partial charge in [0.2, 0.25) is 17.6 Å². The van der Waals surface area contributed by atoms with E-state index < -0.39 is 11.9 Å². The van der Waals surface area contributed by atoms with Gasteiger partial charge in [-0.05, 0) is 37.6 Å². The molecular formula is C21H19ClFN3O3. The summed E-state index contributed by atoms with van der Waals surface area (Å²) in [5.41, 5.74) is 0.980. The van der Waals surface area contributed by atoms with Crippen LogP contribution in [0.25, 0.3) is 11.4 Å². The standard InChI is InChI=1S/C21H19ClFN3O3/c1-2-28-18-9-4-3-6-13(18)20-24-21(29-25-20)17-10-11-19(27)26(17)12-14-15(22)7-5-8-16(14)23/h3-9,17H,2,10-12H2,1H3. The summed E-state index contributed by atoms with van der Waals surface area (Å²) in [5, 5.41) is 4.35. The fourth-order valence-corrected chi connectivity index (χ4v) is 3.68. The Morgan fingerprint density at radius 3 is 2.90 bits per heavy atom. The second-order valence-electron chi connectivity index (χ2n) is 6.66. The molecule has 1 aliphatic rings. The first-order valence-electron chi connectivity index (χ1n) is 9.36. The first kappa shape index (κ1) is 19.4. The Kier molecular flexibility index (Phi) is 5.49. The van der Waals surface area contributed by atoms with Crippen LogP contribution in [0.4, 0.5) is 4.39 Å². The predicted octanol–water partition coefficient (Wildman–Crippen LogP) is 4.79. The van der Waals surface area contributed by atoms with Crippen molar-refractivity contribution >= 4 is 17.5 Å². The van der Waals surface area contributed by atoms with E-state index in [1.807, 2.05) is 31.2 Å². The summed E-state index contributed by atoms with van der Waals surface area (Å²) in [6.07, 6.45) is 0.837. The molecule has 6 nitrogen and oxygen atoms in total. The molecule has 1 atom stereocenters. The molecule has 29 heavy (non-hydrogen) atoms. The molecule has 2 heterocycles. The Labute approximate surface area is 172 Å². The third kappa shape index (κ3) is 3.82. The van der Waals surface area contributed by atoms with Gasteiger partial charge in [0.1, 0.15) is 17.6 Å². The maximum atomic E-state index is 14.2. The van der Waals surface area contributed by atoms with Gasteiger partial charge in [0, 0.05) is 17.0 Å². The van der Waals surface area contributed by atoms with E-state index in [9.17, 15) is 9.18 Å². The summed E-state index contributed by atoms with van der Waals surface area (Å²) in [7, 11) is 0. The third-order valence-corrected chi connectivity index (χ3v) is 5.23. The molecular weight excluding hydrogens is 397 g/mol. The van der Waals surface area contributed by atoms with Crippen LogP contribution in [0.5, 0.6) is 5.75 Å². The van der Waals surface area contributed by atoms with Crippen LogP contribution in [0.1, 0.15) is 37.3 Å². The van der Waals surface area contributed by atoms with Crippen molar-refractivity contribution in [3.63, 3.8) is 0 Å². The van der Waals surface area contributed by atoms with E-state index in [1.54, 1.807) is 6.07 Å². The van der Waals surface area contributed by atoms with Crippen molar-refractivity contribution in [3.05, 3.63) is 64.8 Å². The number of rotatable bonds is 6. The van der Waals surface area contributed by atoms with Crippen LogP contribution in [0.15, 0.2) is 47.0 Å². The number of benzene rings is 2. The zero-order chi connectivity index (χ0) is 20.4. The highest BCUT2D eigenvalue weighted by atomic mass is 35.5. The number of aromatic nitrogens is 2. The van der Waals surface area contributed by atoms with E-state index in [-0.39, 0.29) is 23.0 Å². The molecule has 0 spiro atoms. The normalized spacial score (nSPS) is 16.4. The van der Waals surface area contributed by atoms with Crippen molar-refractivity contribution in [2.45, 2.75) is 32.4 Å². The van der Waals surface area contributed by atoms with Crippen LogP contribution in [0.3, 0.4) is 0 Å². The third-order valence-electron chi connectivity index (χ3n) is 4.87. The molecule has 0 aliphatic carbocycles. The van der Waals surface area contributed by atoms with Crippen LogP contribution in [0, 0.1) is 5.82 Å². The first-order chi connectivity index (χ1) is 14.1. The van der Waals surface area contributed by atoms with Gasteiger partial charge in [0.05, 0.1) is 18.7 Å². The minimum absolute atomic E-state index is 0.0439. The molecule has 1 saturated heterocycles. The minimum Gasteiger partial charge on any atom is -0.493 e. The van der Waals surface area contributed by atoms with Crippen molar-refractivity contribution in [3.8, 4) is 17.1 Å². The first-order valence-corrected chi connectivity index (χ1v) is 9.74. The van der Waals surface area contributed by atoms with E-state index in [1.165, 1.54) is 17.0 Å². The zero-order valence-corrected chi connectivity index (χ0v) is 16.5. The maximum absolute atomic E-state index is 14.2. The van der Waals surface area contributed by atoms with Crippen molar-refractivity contribution in [2.24, 2.45) is 0 Å². The second kappa shape index (κ2) is 8.21. The summed E-state index contributed by atoms with van der Waals surface area (Å²) >= 11 is 6.14. The number of likely N-dealkylation sites (tertiary alicyclic amines) is 1. The Bertz CT molecular complexity index is 1020. The molecule has 1 aliphatic heterocycles. The van der Waals surface area contributed by atoms with Crippen LogP contribution in [-0.4, -0.2) is 27.6 Å². The number of hydrogen-bond donors (Lipinski definition) is 0. The lowest BCUT2D eigenvalue weighted by atomic mass is 10.1. The zero-order valence-electron chi connectivity index (χ0n) is 15.8. The highest BCUT2D eigenvalue weighted by Gasteiger charge is 2.37. The monoisotopic (exact) mass is 415 g/mol. The van der Waals surface area contributed by atoms with E-state index in [4.69, 9.17) is 20.9 Å². The quantitative estimate of drug-likeness (QED) is 0.579. The van der Waals surface area contributed by atoms with Gasteiger partial charge in [-0.3, -0.25) is 4.79 Å². The molecule has 0 N–H and O–H groups in total. The Morgan fingerprint density at radius 2 is 2.10 bits per heavy atom. The highest BCUT2D eigenvalue weighted by Crippen LogP contribution is 2.36. The summed E-state index contributed by atoms with van der Waals surface area (Å²) in [4.78, 5) is 18.5. The van der Waals surface area contributed by atoms with E-state index in [2.05, 4.69) is 10.1 Å². The maximum Gasteiger partial charge on any atom is 0.249 e. The summed E-state index contributed by atoms with van der Waals surface area (Å²) in [6.45, 7) is 2.45. The van der Waals surface area contributed by atoms with Gasteiger partial charge in [-0.15, -0.1) is 0 Å². The number of para-hydroxylation sites is 1. The van der Waals surface area contributed by atoms with Gasteiger partial charge >= 0.3 is 0 Å². The molecule has 1 aromatic heterocycles. The Hall–Kier alpha value is -2.93. The minimum atomic E-state index is -0.451. The Morgan fingerprint density at radius 1 is 1.28 bits per heavy atom. The number of nitrogens with zero attached hydrogens (tertiary/aromatic N) is 3. The molecule has 8 heteroatoms. The molecule has 1 unspecified atom stereocenters. The van der Waals surface area contributed by atoms with Gasteiger partial charge in [0.25, 0.3) is 0 Å². The van der Waals surface area contributed by atoms with Gasteiger partial charge in [-0.2, -0.15) is 4.98 Å². The number of amides is 1.